The van der Waals surface area contributed by atoms with Crippen molar-refractivity contribution in [2.24, 2.45) is 29.6 Å². The van der Waals surface area contributed by atoms with Gasteiger partial charge in [0, 0.05) is 29.4 Å². The normalized spacial score (nSPS) is 46.2. The molecular weight excluding hydrogens is 322 g/mol. The molecule has 7 atom stereocenters. The van der Waals surface area contributed by atoms with Gasteiger partial charge in [0.25, 0.3) is 0 Å². The average molecular weight is 351 g/mol. The topological polar surface area (TPSA) is 29.5 Å². The zero-order valence-electron chi connectivity index (χ0n) is 15.7. The molecule has 138 valence electrons. The Morgan fingerprint density at radius 2 is 1.81 bits per heavy atom. The largest absolute Gasteiger partial charge is 0.350 e. The maximum atomic E-state index is 13.7. The number of rotatable bonds is 1. The van der Waals surface area contributed by atoms with Gasteiger partial charge in [0.05, 0.1) is 6.61 Å². The zero-order chi connectivity index (χ0) is 17.5. The molecule has 1 amide bonds. The van der Waals surface area contributed by atoms with Gasteiger partial charge in [-0.2, -0.15) is 0 Å². The van der Waals surface area contributed by atoms with Crippen molar-refractivity contribution >= 4 is 5.91 Å². The molecule has 3 aliphatic carbocycles. The summed E-state index contributed by atoms with van der Waals surface area (Å²) in [5, 5.41) is 0. The number of carbonyl (C=O) groups excluding carboxylic acids is 1. The van der Waals surface area contributed by atoms with Gasteiger partial charge in [-0.1, -0.05) is 42.7 Å². The summed E-state index contributed by atoms with van der Waals surface area (Å²) in [6, 6.07) is 9.29. The van der Waals surface area contributed by atoms with Crippen molar-refractivity contribution < 1.29 is 9.53 Å². The number of nitrogens with zero attached hydrogens (tertiary/aromatic N) is 1. The maximum absolute atomic E-state index is 13.7. The van der Waals surface area contributed by atoms with Crippen LogP contribution in [-0.4, -0.2) is 23.5 Å². The standard InChI is InChI=1S/C23H29NO2/c1-14-6-10-17(11-7-14)23-20-5-3-2-4-18(20)22(25)24(23)21-16-9-8-15(12-16)19(21)13-26-23/h6-7,10-11,15-16,18-21H,2-5,8-9,12-13H2,1H3/t15-,16+,18-,19+,20+,21-,23-/m1/s1. The molecule has 0 aromatic heterocycles. The summed E-state index contributed by atoms with van der Waals surface area (Å²) in [4.78, 5) is 16.0. The molecule has 3 saturated carbocycles. The molecule has 1 aromatic rings. The first-order chi connectivity index (χ1) is 12.7. The second-order valence-electron chi connectivity index (χ2n) is 9.57. The third-order valence-corrected chi connectivity index (χ3v) is 8.48. The average Bonchev–Trinajstić information content (AvgIpc) is 3.35. The van der Waals surface area contributed by atoms with Crippen LogP contribution in [0.5, 0.6) is 0 Å². The van der Waals surface area contributed by atoms with Crippen LogP contribution in [0, 0.1) is 36.5 Å². The Morgan fingerprint density at radius 3 is 2.65 bits per heavy atom. The lowest BCUT2D eigenvalue weighted by molar-refractivity contribution is -0.242. The third-order valence-electron chi connectivity index (χ3n) is 8.48. The fourth-order valence-electron chi connectivity index (χ4n) is 7.43. The Bertz CT molecular complexity index is 743. The van der Waals surface area contributed by atoms with E-state index in [0.717, 1.165) is 25.4 Å². The molecule has 5 aliphatic rings. The second-order valence-corrected chi connectivity index (χ2v) is 9.57. The molecule has 3 heteroatoms. The molecule has 0 unspecified atom stereocenters. The quantitative estimate of drug-likeness (QED) is 0.757. The van der Waals surface area contributed by atoms with Crippen LogP contribution in [0.3, 0.4) is 0 Å². The number of amides is 1. The number of aryl methyl sites for hydroxylation is 1. The number of hydrogen-bond donors (Lipinski definition) is 0. The predicted molar refractivity (Wildman–Crippen MR) is 99.2 cm³/mol. The Kier molecular flexibility index (Phi) is 3.22. The highest BCUT2D eigenvalue weighted by Gasteiger charge is 2.68. The summed E-state index contributed by atoms with van der Waals surface area (Å²) in [5.74, 6) is 3.02. The molecule has 3 nitrogen and oxygen atoms in total. The Labute approximate surface area is 156 Å². The van der Waals surface area contributed by atoms with E-state index in [0.29, 0.717) is 29.7 Å². The van der Waals surface area contributed by atoms with Gasteiger partial charge in [-0.3, -0.25) is 4.79 Å². The lowest BCUT2D eigenvalue weighted by Gasteiger charge is -2.54. The second kappa shape index (κ2) is 5.34. The summed E-state index contributed by atoms with van der Waals surface area (Å²) in [5.41, 5.74) is 2.02. The summed E-state index contributed by atoms with van der Waals surface area (Å²) >= 11 is 0. The first-order valence-corrected chi connectivity index (χ1v) is 10.7. The molecule has 6 rings (SSSR count). The molecule has 2 bridgehead atoms. The van der Waals surface area contributed by atoms with E-state index in [4.69, 9.17) is 4.74 Å². The minimum atomic E-state index is -0.485. The van der Waals surface area contributed by atoms with Gasteiger partial charge in [0.2, 0.25) is 5.91 Å². The molecule has 0 N–H and O–H groups in total. The van der Waals surface area contributed by atoms with Crippen molar-refractivity contribution in [2.45, 2.75) is 63.6 Å². The molecule has 5 fully saturated rings. The monoisotopic (exact) mass is 351 g/mol. The first-order valence-electron chi connectivity index (χ1n) is 10.7. The van der Waals surface area contributed by atoms with E-state index in [2.05, 4.69) is 36.1 Å². The van der Waals surface area contributed by atoms with Crippen LogP contribution in [0.15, 0.2) is 24.3 Å². The molecule has 0 radical (unpaired) electrons. The number of hydrogen-bond acceptors (Lipinski definition) is 2. The van der Waals surface area contributed by atoms with E-state index >= 15 is 0 Å². The van der Waals surface area contributed by atoms with Gasteiger partial charge < -0.3 is 9.64 Å². The minimum absolute atomic E-state index is 0.183. The van der Waals surface area contributed by atoms with Crippen molar-refractivity contribution in [1.29, 1.82) is 0 Å². The SMILES string of the molecule is Cc1ccc([C@]23OC[C@H]4[C@@H]5CC[C@@H](C5)[C@H]4N2C(=O)[C@@H]2CCCC[C@@H]23)cc1. The van der Waals surface area contributed by atoms with Crippen LogP contribution in [0.1, 0.15) is 56.1 Å². The Balaban J connectivity index is 1.52. The van der Waals surface area contributed by atoms with Crippen LogP contribution in [-0.2, 0) is 15.3 Å². The van der Waals surface area contributed by atoms with Crippen molar-refractivity contribution in [3.8, 4) is 0 Å². The van der Waals surface area contributed by atoms with Gasteiger partial charge in [-0.05, 0) is 50.9 Å². The van der Waals surface area contributed by atoms with Crippen molar-refractivity contribution in [1.82, 2.24) is 4.90 Å². The van der Waals surface area contributed by atoms with E-state index in [-0.39, 0.29) is 5.92 Å². The molecule has 2 heterocycles. The van der Waals surface area contributed by atoms with Crippen molar-refractivity contribution in [3.05, 3.63) is 35.4 Å². The van der Waals surface area contributed by atoms with Gasteiger partial charge >= 0.3 is 0 Å². The third kappa shape index (κ3) is 1.81. The smallest absolute Gasteiger partial charge is 0.228 e. The van der Waals surface area contributed by atoms with Gasteiger partial charge in [0.15, 0.2) is 5.72 Å². The molecule has 2 saturated heterocycles. The van der Waals surface area contributed by atoms with E-state index in [1.165, 1.54) is 43.2 Å². The van der Waals surface area contributed by atoms with Crippen molar-refractivity contribution in [2.75, 3.05) is 6.61 Å². The lowest BCUT2D eigenvalue weighted by Crippen LogP contribution is -2.62. The summed E-state index contributed by atoms with van der Waals surface area (Å²) in [7, 11) is 0. The molecule has 26 heavy (non-hydrogen) atoms. The highest BCUT2D eigenvalue weighted by molar-refractivity contribution is 5.84. The predicted octanol–water partition coefficient (Wildman–Crippen LogP) is 4.24. The molecular formula is C23H29NO2. The van der Waals surface area contributed by atoms with Crippen LogP contribution < -0.4 is 0 Å². The molecule has 2 aliphatic heterocycles. The van der Waals surface area contributed by atoms with E-state index in [9.17, 15) is 4.79 Å². The Hall–Kier alpha value is -1.35. The van der Waals surface area contributed by atoms with Crippen LogP contribution in [0.4, 0.5) is 0 Å². The summed E-state index contributed by atoms with van der Waals surface area (Å²) < 4.78 is 6.83. The van der Waals surface area contributed by atoms with Gasteiger partial charge in [-0.15, -0.1) is 0 Å². The highest BCUT2D eigenvalue weighted by atomic mass is 16.5. The van der Waals surface area contributed by atoms with E-state index in [1.807, 2.05) is 0 Å². The Morgan fingerprint density at radius 1 is 1.04 bits per heavy atom. The molecule has 0 spiro atoms. The van der Waals surface area contributed by atoms with Crippen molar-refractivity contribution in [3.63, 3.8) is 0 Å². The zero-order valence-corrected chi connectivity index (χ0v) is 15.7. The maximum Gasteiger partial charge on any atom is 0.228 e. The van der Waals surface area contributed by atoms with Crippen LogP contribution in [0.2, 0.25) is 0 Å². The number of carbonyl (C=O) groups is 1. The fraction of sp³-hybridized carbons (Fsp3) is 0.696. The fourth-order valence-corrected chi connectivity index (χ4v) is 7.43. The number of benzene rings is 1. The van der Waals surface area contributed by atoms with E-state index in [1.54, 1.807) is 0 Å². The minimum Gasteiger partial charge on any atom is -0.350 e. The van der Waals surface area contributed by atoms with E-state index < -0.39 is 5.72 Å². The van der Waals surface area contributed by atoms with Gasteiger partial charge in [-0.25, -0.2) is 0 Å². The highest BCUT2D eigenvalue weighted by Crippen LogP contribution is 2.62. The lowest BCUT2D eigenvalue weighted by atomic mass is 9.73. The number of fused-ring (bicyclic) bond motifs is 9. The first kappa shape index (κ1) is 15.7. The summed E-state index contributed by atoms with van der Waals surface area (Å²) in [6.07, 6.45) is 8.61. The number of ether oxygens (including phenoxy) is 1. The van der Waals surface area contributed by atoms with Gasteiger partial charge in [0.1, 0.15) is 0 Å². The molecule has 1 aromatic carbocycles. The van der Waals surface area contributed by atoms with Crippen LogP contribution in [0.25, 0.3) is 0 Å². The summed E-state index contributed by atoms with van der Waals surface area (Å²) in [6.45, 7) is 2.99. The van der Waals surface area contributed by atoms with Crippen LogP contribution >= 0.6 is 0 Å².